The average Bonchev–Trinajstić information content (AvgIpc) is 3.29. The molecule has 0 atom stereocenters. The van der Waals surface area contributed by atoms with Gasteiger partial charge >= 0.3 is 0 Å². The molecule has 26 heavy (non-hydrogen) atoms. The van der Waals surface area contributed by atoms with E-state index in [9.17, 15) is 4.79 Å². The number of carbonyl (C=O) groups excluding carboxylic acids is 1. The summed E-state index contributed by atoms with van der Waals surface area (Å²) in [6, 6.07) is 14.9. The van der Waals surface area contributed by atoms with Crippen LogP contribution in [0.25, 0.3) is 10.9 Å². The second-order valence-electron chi connectivity index (χ2n) is 5.72. The first kappa shape index (κ1) is 16.4. The number of aromatic nitrogens is 3. The molecule has 7 heteroatoms. The number of imidazole rings is 1. The van der Waals surface area contributed by atoms with Gasteiger partial charge in [-0.05, 0) is 30.3 Å². The van der Waals surface area contributed by atoms with E-state index in [1.54, 1.807) is 36.2 Å². The fourth-order valence-electron chi connectivity index (χ4n) is 2.52. The van der Waals surface area contributed by atoms with Gasteiger partial charge in [-0.25, -0.2) is 9.97 Å². The second-order valence-corrected chi connectivity index (χ2v) is 6.66. The number of hydrogen-bond donors (Lipinski definition) is 1. The maximum absolute atomic E-state index is 12.4. The number of aryl methyl sites for hydroxylation is 1. The van der Waals surface area contributed by atoms with E-state index < -0.39 is 0 Å². The number of furan rings is 1. The molecule has 1 aromatic carbocycles. The number of rotatable bonds is 5. The summed E-state index contributed by atoms with van der Waals surface area (Å²) >= 11 is 1.55. The summed E-state index contributed by atoms with van der Waals surface area (Å²) in [7, 11) is 1.94. The van der Waals surface area contributed by atoms with Crippen LogP contribution in [0.5, 0.6) is 0 Å². The van der Waals surface area contributed by atoms with Crippen LogP contribution in [0.1, 0.15) is 16.3 Å². The molecule has 6 nitrogen and oxygen atoms in total. The number of benzene rings is 1. The van der Waals surface area contributed by atoms with Gasteiger partial charge < -0.3 is 14.3 Å². The van der Waals surface area contributed by atoms with Gasteiger partial charge in [0.25, 0.3) is 5.91 Å². The Bertz CT molecular complexity index is 1070. The van der Waals surface area contributed by atoms with Crippen LogP contribution in [0.3, 0.4) is 0 Å². The van der Waals surface area contributed by atoms with E-state index >= 15 is 0 Å². The van der Waals surface area contributed by atoms with Crippen molar-refractivity contribution in [3.8, 4) is 0 Å². The molecule has 0 saturated carbocycles. The van der Waals surface area contributed by atoms with E-state index in [0.717, 1.165) is 21.8 Å². The average molecular weight is 364 g/mol. The van der Waals surface area contributed by atoms with Crippen LogP contribution in [0.4, 0.5) is 5.82 Å². The highest BCUT2D eigenvalue weighted by molar-refractivity contribution is 7.98. The number of carbonyl (C=O) groups is 1. The minimum absolute atomic E-state index is 0.260. The van der Waals surface area contributed by atoms with E-state index in [4.69, 9.17) is 4.42 Å². The fraction of sp³-hybridized carbons (Fsp3) is 0.105. The van der Waals surface area contributed by atoms with Gasteiger partial charge in [0.15, 0.2) is 10.9 Å². The third kappa shape index (κ3) is 3.48. The zero-order chi connectivity index (χ0) is 17.9. The Morgan fingerprint density at radius 2 is 2.08 bits per heavy atom. The van der Waals surface area contributed by atoms with Crippen molar-refractivity contribution in [3.63, 3.8) is 0 Å². The molecular weight excluding hydrogens is 348 g/mol. The zero-order valence-electron chi connectivity index (χ0n) is 14.0. The highest BCUT2D eigenvalue weighted by atomic mass is 32.2. The van der Waals surface area contributed by atoms with Crippen molar-refractivity contribution >= 4 is 34.4 Å². The number of thioether (sulfide) groups is 1. The zero-order valence-corrected chi connectivity index (χ0v) is 14.9. The Morgan fingerprint density at radius 1 is 1.19 bits per heavy atom. The van der Waals surface area contributed by atoms with Crippen molar-refractivity contribution in [1.29, 1.82) is 0 Å². The molecular formula is C19H16N4O2S. The largest absolute Gasteiger partial charge is 0.455 e. The van der Waals surface area contributed by atoms with Gasteiger partial charge in [-0.15, -0.1) is 0 Å². The molecule has 3 heterocycles. The molecule has 0 fully saturated rings. The molecule has 0 saturated heterocycles. The summed E-state index contributed by atoms with van der Waals surface area (Å²) in [5.41, 5.74) is 0.830. The monoisotopic (exact) mass is 364 g/mol. The number of fused-ring (bicyclic) bond motifs is 1. The third-order valence-electron chi connectivity index (χ3n) is 3.85. The van der Waals surface area contributed by atoms with Crippen molar-refractivity contribution in [2.75, 3.05) is 5.32 Å². The van der Waals surface area contributed by atoms with Gasteiger partial charge in [0.2, 0.25) is 0 Å². The van der Waals surface area contributed by atoms with Gasteiger partial charge in [0.1, 0.15) is 11.6 Å². The fourth-order valence-corrected chi connectivity index (χ4v) is 3.34. The van der Waals surface area contributed by atoms with Gasteiger partial charge in [0.05, 0.1) is 11.3 Å². The highest BCUT2D eigenvalue weighted by Gasteiger charge is 2.13. The van der Waals surface area contributed by atoms with Gasteiger partial charge in [-0.2, -0.15) is 0 Å². The molecule has 0 aliphatic carbocycles. The first-order chi connectivity index (χ1) is 12.7. The molecule has 0 aliphatic heterocycles. The number of anilines is 1. The normalized spacial score (nSPS) is 11.0. The molecule has 0 unspecified atom stereocenters. The summed E-state index contributed by atoms with van der Waals surface area (Å²) < 4.78 is 7.58. The van der Waals surface area contributed by atoms with Crippen LogP contribution >= 0.6 is 11.8 Å². The Labute approximate surface area is 154 Å². The maximum atomic E-state index is 12.4. The first-order valence-electron chi connectivity index (χ1n) is 8.05. The standard InChI is InChI=1S/C19H16N4O2S/c1-23-11-10-20-19(23)26-12-14-7-8-16(25-14)18(24)22-17-9-6-13-4-2-3-5-15(13)21-17/h2-11H,12H2,1H3,(H,21,22,24). The molecule has 0 bridgehead atoms. The maximum Gasteiger partial charge on any atom is 0.292 e. The Balaban J connectivity index is 1.43. The van der Waals surface area contributed by atoms with Crippen LogP contribution in [0.2, 0.25) is 0 Å². The van der Waals surface area contributed by atoms with Crippen LogP contribution < -0.4 is 5.32 Å². The second kappa shape index (κ2) is 7.05. The molecule has 4 rings (SSSR count). The number of amides is 1. The number of nitrogens with zero attached hydrogens (tertiary/aromatic N) is 3. The Hall–Kier alpha value is -3.06. The SMILES string of the molecule is Cn1ccnc1SCc1ccc(C(=O)Nc2ccc3ccccc3n2)o1. The topological polar surface area (TPSA) is 73.0 Å². The molecule has 1 N–H and O–H groups in total. The van der Waals surface area contributed by atoms with Gasteiger partial charge in [-0.3, -0.25) is 4.79 Å². The lowest BCUT2D eigenvalue weighted by molar-refractivity contribution is 0.0995. The lowest BCUT2D eigenvalue weighted by atomic mass is 10.2. The van der Waals surface area contributed by atoms with E-state index in [1.165, 1.54) is 0 Å². The summed E-state index contributed by atoms with van der Waals surface area (Å²) in [4.78, 5) is 21.1. The van der Waals surface area contributed by atoms with Crippen molar-refractivity contribution < 1.29 is 9.21 Å². The number of hydrogen-bond acceptors (Lipinski definition) is 5. The van der Waals surface area contributed by atoms with Gasteiger partial charge in [-0.1, -0.05) is 30.0 Å². The molecule has 0 aliphatic rings. The van der Waals surface area contributed by atoms with E-state index in [1.807, 2.05) is 48.1 Å². The highest BCUT2D eigenvalue weighted by Crippen LogP contribution is 2.22. The van der Waals surface area contributed by atoms with Crippen molar-refractivity contribution in [3.05, 3.63) is 72.4 Å². The molecule has 130 valence electrons. The predicted molar refractivity (Wildman–Crippen MR) is 101 cm³/mol. The smallest absolute Gasteiger partial charge is 0.292 e. The van der Waals surface area contributed by atoms with Gasteiger partial charge in [0, 0.05) is 24.8 Å². The van der Waals surface area contributed by atoms with Crippen molar-refractivity contribution in [1.82, 2.24) is 14.5 Å². The minimum atomic E-state index is -0.318. The van der Waals surface area contributed by atoms with Crippen molar-refractivity contribution in [2.24, 2.45) is 7.05 Å². The van der Waals surface area contributed by atoms with E-state index in [0.29, 0.717) is 11.6 Å². The quantitative estimate of drug-likeness (QED) is 0.540. The predicted octanol–water partition coefficient (Wildman–Crippen LogP) is 4.11. The Kier molecular flexibility index (Phi) is 4.45. The molecule has 3 aromatic heterocycles. The van der Waals surface area contributed by atoms with E-state index in [2.05, 4.69) is 15.3 Å². The summed E-state index contributed by atoms with van der Waals surface area (Å²) in [6.07, 6.45) is 3.64. The molecule has 1 amide bonds. The van der Waals surface area contributed by atoms with Crippen LogP contribution in [0.15, 0.2) is 70.5 Å². The Morgan fingerprint density at radius 3 is 2.92 bits per heavy atom. The van der Waals surface area contributed by atoms with Crippen molar-refractivity contribution in [2.45, 2.75) is 10.9 Å². The number of pyridine rings is 1. The number of para-hydroxylation sites is 1. The van der Waals surface area contributed by atoms with Crippen LogP contribution in [-0.2, 0) is 12.8 Å². The molecule has 0 radical (unpaired) electrons. The molecule has 0 spiro atoms. The lowest BCUT2D eigenvalue weighted by Crippen LogP contribution is -2.11. The lowest BCUT2D eigenvalue weighted by Gasteiger charge is -2.04. The third-order valence-corrected chi connectivity index (χ3v) is 4.93. The molecule has 4 aromatic rings. The summed E-state index contributed by atoms with van der Waals surface area (Å²) in [5, 5.41) is 4.70. The van der Waals surface area contributed by atoms with Crippen LogP contribution in [0, 0.1) is 0 Å². The van der Waals surface area contributed by atoms with E-state index in [-0.39, 0.29) is 11.7 Å². The first-order valence-corrected chi connectivity index (χ1v) is 9.03. The number of nitrogens with one attached hydrogen (secondary N) is 1. The summed E-state index contributed by atoms with van der Waals surface area (Å²) in [6.45, 7) is 0. The van der Waals surface area contributed by atoms with Crippen LogP contribution in [-0.4, -0.2) is 20.4 Å². The minimum Gasteiger partial charge on any atom is -0.455 e. The summed E-state index contributed by atoms with van der Waals surface area (Å²) in [5.74, 6) is 1.76.